The van der Waals surface area contributed by atoms with Crippen molar-refractivity contribution in [3.63, 3.8) is 0 Å². The monoisotopic (exact) mass is 395 g/mol. The Balaban J connectivity index is 1.15. The van der Waals surface area contributed by atoms with Crippen LogP contribution in [-0.4, -0.2) is 58.1 Å². The van der Waals surface area contributed by atoms with Crippen molar-refractivity contribution < 1.29 is 4.74 Å². The quantitative estimate of drug-likeness (QED) is 0.842. The lowest BCUT2D eigenvalue weighted by Gasteiger charge is -2.36. The van der Waals surface area contributed by atoms with Gasteiger partial charge in [-0.05, 0) is 49.8 Å². The van der Waals surface area contributed by atoms with E-state index in [1.807, 2.05) is 0 Å². The number of hydrogen-bond donors (Lipinski definition) is 1. The Bertz CT molecular complexity index is 788. The lowest BCUT2D eigenvalue weighted by molar-refractivity contribution is 0.124. The highest BCUT2D eigenvalue weighted by molar-refractivity contribution is 5.46. The summed E-state index contributed by atoms with van der Waals surface area (Å²) < 4.78 is 7.90. The molecule has 6 heteroatoms. The van der Waals surface area contributed by atoms with E-state index in [0.29, 0.717) is 12.1 Å². The van der Waals surface area contributed by atoms with Gasteiger partial charge in [-0.2, -0.15) is 0 Å². The standard InChI is InChI=1S/C23H33N5O/c1-2-4-22-25-26-23(28(22)12-3-1)16-18-5-7-19(8-6-18)24-20-9-13-27(14-10-20)21-11-15-29-17-21/h5-8,20-21,24H,1-4,9-17H2. The highest BCUT2D eigenvalue weighted by atomic mass is 16.5. The molecule has 1 atom stereocenters. The van der Waals surface area contributed by atoms with Gasteiger partial charge in [0.2, 0.25) is 0 Å². The summed E-state index contributed by atoms with van der Waals surface area (Å²) in [7, 11) is 0. The largest absolute Gasteiger partial charge is 0.382 e. The van der Waals surface area contributed by atoms with Crippen molar-refractivity contribution in [2.75, 3.05) is 31.6 Å². The summed E-state index contributed by atoms with van der Waals surface area (Å²) in [5.74, 6) is 2.29. The Morgan fingerprint density at radius 2 is 1.83 bits per heavy atom. The van der Waals surface area contributed by atoms with Crippen LogP contribution in [0.3, 0.4) is 0 Å². The van der Waals surface area contributed by atoms with Gasteiger partial charge in [-0.1, -0.05) is 18.6 Å². The second-order valence-electron chi connectivity index (χ2n) is 8.84. The maximum Gasteiger partial charge on any atom is 0.137 e. The maximum atomic E-state index is 5.55. The summed E-state index contributed by atoms with van der Waals surface area (Å²) >= 11 is 0. The number of piperidine rings is 1. The van der Waals surface area contributed by atoms with Gasteiger partial charge in [0.15, 0.2) is 0 Å². The number of hydrogen-bond acceptors (Lipinski definition) is 5. The van der Waals surface area contributed by atoms with Crippen LogP contribution in [0.2, 0.25) is 0 Å². The first-order valence-electron chi connectivity index (χ1n) is 11.4. The number of aromatic nitrogens is 3. The van der Waals surface area contributed by atoms with E-state index in [1.54, 1.807) is 0 Å². The molecule has 3 aliphatic rings. The predicted octanol–water partition coefficient (Wildman–Crippen LogP) is 3.26. The molecule has 0 radical (unpaired) electrons. The average molecular weight is 396 g/mol. The van der Waals surface area contributed by atoms with E-state index in [-0.39, 0.29) is 0 Å². The Hall–Kier alpha value is -1.92. The first-order valence-corrected chi connectivity index (χ1v) is 11.4. The van der Waals surface area contributed by atoms with E-state index in [0.717, 1.165) is 38.4 Å². The third-order valence-electron chi connectivity index (χ3n) is 6.82. The summed E-state index contributed by atoms with van der Waals surface area (Å²) in [6, 6.07) is 10.2. The van der Waals surface area contributed by atoms with Crippen molar-refractivity contribution in [1.29, 1.82) is 0 Å². The summed E-state index contributed by atoms with van der Waals surface area (Å²) in [6.07, 6.45) is 9.36. The number of nitrogens with one attached hydrogen (secondary N) is 1. The molecule has 2 fully saturated rings. The molecule has 2 aromatic rings. The van der Waals surface area contributed by atoms with Gasteiger partial charge in [0, 0.05) is 56.9 Å². The van der Waals surface area contributed by atoms with Crippen LogP contribution < -0.4 is 5.32 Å². The maximum absolute atomic E-state index is 5.55. The molecule has 5 rings (SSSR count). The van der Waals surface area contributed by atoms with Gasteiger partial charge in [-0.15, -0.1) is 10.2 Å². The molecule has 1 unspecified atom stereocenters. The normalized spacial score (nSPS) is 23.7. The topological polar surface area (TPSA) is 55.2 Å². The van der Waals surface area contributed by atoms with Gasteiger partial charge < -0.3 is 14.6 Å². The van der Waals surface area contributed by atoms with Crippen LogP contribution in [0.4, 0.5) is 5.69 Å². The molecule has 4 heterocycles. The molecule has 0 amide bonds. The molecule has 6 nitrogen and oxygen atoms in total. The summed E-state index contributed by atoms with van der Waals surface area (Å²) in [6.45, 7) is 5.30. The van der Waals surface area contributed by atoms with Crippen LogP contribution in [0.5, 0.6) is 0 Å². The SMILES string of the molecule is c1cc(NC2CCN(C3CCOC3)CC2)ccc1Cc1nnc2n1CCCCC2. The number of fused-ring (bicyclic) bond motifs is 1. The number of anilines is 1. The van der Waals surface area contributed by atoms with E-state index >= 15 is 0 Å². The highest BCUT2D eigenvalue weighted by Crippen LogP contribution is 2.22. The Labute approximate surface area is 173 Å². The minimum Gasteiger partial charge on any atom is -0.382 e. The number of rotatable bonds is 5. The number of benzene rings is 1. The van der Waals surface area contributed by atoms with Crippen molar-refractivity contribution >= 4 is 5.69 Å². The van der Waals surface area contributed by atoms with Crippen molar-refractivity contribution in [3.8, 4) is 0 Å². The minimum absolute atomic E-state index is 0.576. The van der Waals surface area contributed by atoms with Crippen LogP contribution in [-0.2, 0) is 24.1 Å². The molecule has 3 aliphatic heterocycles. The minimum atomic E-state index is 0.576. The molecule has 0 saturated carbocycles. The Morgan fingerprint density at radius 3 is 2.62 bits per heavy atom. The molecule has 1 aromatic carbocycles. The second kappa shape index (κ2) is 8.84. The van der Waals surface area contributed by atoms with Crippen molar-refractivity contribution in [2.45, 2.75) is 70.0 Å². The van der Waals surface area contributed by atoms with Crippen LogP contribution in [0.25, 0.3) is 0 Å². The Morgan fingerprint density at radius 1 is 0.966 bits per heavy atom. The third-order valence-corrected chi connectivity index (χ3v) is 6.82. The lowest BCUT2D eigenvalue weighted by Crippen LogP contribution is -2.44. The highest BCUT2D eigenvalue weighted by Gasteiger charge is 2.27. The van der Waals surface area contributed by atoms with Gasteiger partial charge >= 0.3 is 0 Å². The zero-order chi connectivity index (χ0) is 19.5. The van der Waals surface area contributed by atoms with Crippen LogP contribution in [0.1, 0.15) is 55.7 Å². The van der Waals surface area contributed by atoms with Gasteiger partial charge in [0.25, 0.3) is 0 Å². The smallest absolute Gasteiger partial charge is 0.137 e. The number of aryl methyl sites for hydroxylation is 1. The Kier molecular flexibility index (Phi) is 5.81. The van der Waals surface area contributed by atoms with E-state index in [4.69, 9.17) is 4.74 Å². The molecule has 29 heavy (non-hydrogen) atoms. The van der Waals surface area contributed by atoms with Gasteiger partial charge in [0.1, 0.15) is 11.6 Å². The fourth-order valence-electron chi connectivity index (χ4n) is 5.03. The molecule has 156 valence electrons. The molecule has 1 aromatic heterocycles. The summed E-state index contributed by atoms with van der Waals surface area (Å²) in [4.78, 5) is 2.62. The fraction of sp³-hybridized carbons (Fsp3) is 0.652. The molecule has 0 bridgehead atoms. The van der Waals surface area contributed by atoms with Crippen molar-refractivity contribution in [2.24, 2.45) is 0 Å². The molecular formula is C23H33N5O. The van der Waals surface area contributed by atoms with Crippen molar-refractivity contribution in [3.05, 3.63) is 41.5 Å². The number of likely N-dealkylation sites (tertiary alicyclic amines) is 1. The van der Waals surface area contributed by atoms with E-state index in [2.05, 4.69) is 49.2 Å². The van der Waals surface area contributed by atoms with Gasteiger partial charge in [0.05, 0.1) is 6.61 Å². The fourth-order valence-corrected chi connectivity index (χ4v) is 5.03. The summed E-state index contributed by atoms with van der Waals surface area (Å²) in [5.41, 5.74) is 2.54. The lowest BCUT2D eigenvalue weighted by atomic mass is 10.0. The van der Waals surface area contributed by atoms with E-state index < -0.39 is 0 Å². The number of ether oxygens (including phenoxy) is 1. The molecule has 2 saturated heterocycles. The number of nitrogens with zero attached hydrogens (tertiary/aromatic N) is 4. The summed E-state index contributed by atoms with van der Waals surface area (Å²) in [5, 5.41) is 12.7. The zero-order valence-electron chi connectivity index (χ0n) is 17.4. The molecular weight excluding hydrogens is 362 g/mol. The first-order chi connectivity index (χ1) is 14.3. The predicted molar refractivity (Wildman–Crippen MR) is 114 cm³/mol. The second-order valence-corrected chi connectivity index (χ2v) is 8.84. The third kappa shape index (κ3) is 4.48. The van der Waals surface area contributed by atoms with Crippen molar-refractivity contribution in [1.82, 2.24) is 19.7 Å². The van der Waals surface area contributed by atoms with Gasteiger partial charge in [-0.25, -0.2) is 0 Å². The van der Waals surface area contributed by atoms with Crippen LogP contribution in [0, 0.1) is 0 Å². The average Bonchev–Trinajstić information content (AvgIpc) is 3.35. The molecule has 0 spiro atoms. The van der Waals surface area contributed by atoms with Crippen LogP contribution >= 0.6 is 0 Å². The van der Waals surface area contributed by atoms with Gasteiger partial charge in [-0.3, -0.25) is 4.90 Å². The van der Waals surface area contributed by atoms with E-state index in [9.17, 15) is 0 Å². The van der Waals surface area contributed by atoms with E-state index in [1.165, 1.54) is 68.7 Å². The zero-order valence-corrected chi connectivity index (χ0v) is 17.4. The molecule has 1 N–H and O–H groups in total. The molecule has 0 aliphatic carbocycles. The van der Waals surface area contributed by atoms with Crippen LogP contribution in [0.15, 0.2) is 24.3 Å². The first kappa shape index (κ1) is 19.1.